The van der Waals surface area contributed by atoms with Crippen LogP contribution < -0.4 is 0 Å². The van der Waals surface area contributed by atoms with Crippen molar-refractivity contribution in [2.24, 2.45) is 0 Å². The van der Waals surface area contributed by atoms with Crippen molar-refractivity contribution in [2.45, 2.75) is 50.9 Å². The number of benzene rings is 4. The zero-order chi connectivity index (χ0) is 24.2. The van der Waals surface area contributed by atoms with Gasteiger partial charge in [-0.25, -0.2) is 0 Å². The lowest BCUT2D eigenvalue weighted by Crippen LogP contribution is -2.42. The van der Waals surface area contributed by atoms with Crippen molar-refractivity contribution in [3.63, 3.8) is 0 Å². The van der Waals surface area contributed by atoms with Gasteiger partial charge in [0.05, 0.1) is 8.07 Å². The Bertz CT molecular complexity index is 1500. The monoisotopic (exact) mass is 470 g/mol. The molecule has 0 N–H and O–H groups in total. The highest BCUT2D eigenvalue weighted by atomic mass is 28.3. The van der Waals surface area contributed by atoms with Crippen molar-refractivity contribution in [1.82, 2.24) is 0 Å². The van der Waals surface area contributed by atoms with Crippen LogP contribution in [0.5, 0.6) is 0 Å². The van der Waals surface area contributed by atoms with Gasteiger partial charge in [0.15, 0.2) is 0 Å². The predicted octanol–water partition coefficient (Wildman–Crippen LogP) is 9.77. The second-order valence-electron chi connectivity index (χ2n) is 11.0. The molecule has 0 amide bonds. The van der Waals surface area contributed by atoms with Crippen molar-refractivity contribution in [3.8, 4) is 11.1 Å². The van der Waals surface area contributed by atoms with Gasteiger partial charge in [-0.3, -0.25) is 0 Å². The summed E-state index contributed by atoms with van der Waals surface area (Å²) < 4.78 is 0. The van der Waals surface area contributed by atoms with Gasteiger partial charge in [-0.2, -0.15) is 0 Å². The minimum absolute atomic E-state index is 0.531. The first-order chi connectivity index (χ1) is 17.0. The molecule has 35 heavy (non-hydrogen) atoms. The summed E-state index contributed by atoms with van der Waals surface area (Å²) in [5.74, 6) is 0. The highest BCUT2D eigenvalue weighted by molar-refractivity contribution is 6.81. The number of fused-ring (bicyclic) bond motifs is 3. The summed E-state index contributed by atoms with van der Waals surface area (Å²) in [6, 6.07) is 31.7. The van der Waals surface area contributed by atoms with Crippen LogP contribution in [0.4, 0.5) is 0 Å². The molecular formula is C34H34Si. The molecule has 4 aromatic rings. The third kappa shape index (κ3) is 3.48. The van der Waals surface area contributed by atoms with Crippen LogP contribution in [0.15, 0.2) is 96.1 Å². The quantitative estimate of drug-likeness (QED) is 0.255. The van der Waals surface area contributed by atoms with Gasteiger partial charge >= 0.3 is 0 Å². The van der Waals surface area contributed by atoms with E-state index >= 15 is 0 Å². The van der Waals surface area contributed by atoms with Gasteiger partial charge in [-0.1, -0.05) is 135 Å². The molecule has 0 saturated heterocycles. The Balaban J connectivity index is 1.49. The lowest BCUT2D eigenvalue weighted by molar-refractivity contribution is 0.847. The number of hydrogen-bond donors (Lipinski definition) is 0. The van der Waals surface area contributed by atoms with Gasteiger partial charge in [0.1, 0.15) is 0 Å². The van der Waals surface area contributed by atoms with Gasteiger partial charge in [0, 0.05) is 11.1 Å². The summed E-state index contributed by atoms with van der Waals surface area (Å²) in [5, 5.41) is 2.65. The Kier molecular flexibility index (Phi) is 5.42. The van der Waals surface area contributed by atoms with Gasteiger partial charge < -0.3 is 0 Å². The topological polar surface area (TPSA) is 0 Å². The maximum Gasteiger partial charge on any atom is 0.0722 e. The molecule has 4 aromatic carbocycles. The van der Waals surface area contributed by atoms with Crippen LogP contribution in [0.2, 0.25) is 13.1 Å². The normalized spacial score (nSPS) is 18.9. The van der Waals surface area contributed by atoms with E-state index in [4.69, 9.17) is 0 Å². The average Bonchev–Trinajstić information content (AvgIpc) is 3.41. The third-order valence-corrected chi connectivity index (χ3v) is 12.8. The molecule has 174 valence electrons. The summed E-state index contributed by atoms with van der Waals surface area (Å²) >= 11 is 0. The van der Waals surface area contributed by atoms with E-state index in [0.29, 0.717) is 11.1 Å². The van der Waals surface area contributed by atoms with Gasteiger partial charge in [0.25, 0.3) is 0 Å². The van der Waals surface area contributed by atoms with Crippen molar-refractivity contribution >= 4 is 31.0 Å². The van der Waals surface area contributed by atoms with Crippen molar-refractivity contribution < 1.29 is 0 Å². The molecule has 0 spiro atoms. The average molecular weight is 471 g/mol. The highest BCUT2D eigenvalue weighted by Crippen LogP contribution is 2.54. The van der Waals surface area contributed by atoms with Crippen LogP contribution in [0, 0.1) is 0 Å². The third-order valence-electron chi connectivity index (χ3n) is 8.40. The first kappa shape index (κ1) is 22.3. The number of allylic oxidation sites excluding steroid dienone is 2. The van der Waals surface area contributed by atoms with Crippen molar-refractivity contribution in [2.75, 3.05) is 0 Å². The zero-order valence-electron chi connectivity index (χ0n) is 21.3. The van der Waals surface area contributed by atoms with Crippen LogP contribution >= 0.6 is 0 Å². The summed E-state index contributed by atoms with van der Waals surface area (Å²) in [6.07, 6.45) is 7.44. The molecule has 0 bridgehead atoms. The Morgan fingerprint density at radius 1 is 0.686 bits per heavy atom. The first-order valence-electron chi connectivity index (χ1n) is 13.1. The maximum absolute atomic E-state index is 2.64. The smallest absolute Gasteiger partial charge is 0.0679 e. The van der Waals surface area contributed by atoms with E-state index in [9.17, 15) is 0 Å². The molecule has 2 unspecified atom stereocenters. The molecule has 0 aliphatic heterocycles. The summed E-state index contributed by atoms with van der Waals surface area (Å²) in [4.78, 5) is 0. The minimum atomic E-state index is -1.82. The molecule has 0 nitrogen and oxygen atoms in total. The standard InChI is InChI=1S/C34H34Si/c1-5-12-26-22-25-14-7-9-17-28(25)34(26)35(3,4)33-23(2)21-32-30(19-11-20-31(32)33)29-18-10-15-24-13-6-8-16-27(24)29/h6-11,13-22,33-34H,5,12H2,1-4H3. The molecule has 6 rings (SSSR count). The van der Waals surface area contributed by atoms with Crippen molar-refractivity contribution in [3.05, 3.63) is 118 Å². The molecule has 0 heterocycles. The molecule has 0 radical (unpaired) electrons. The summed E-state index contributed by atoms with van der Waals surface area (Å²) in [6.45, 7) is 9.99. The van der Waals surface area contributed by atoms with E-state index in [-0.39, 0.29) is 0 Å². The van der Waals surface area contributed by atoms with E-state index in [1.54, 1.807) is 22.3 Å². The highest BCUT2D eigenvalue weighted by Gasteiger charge is 2.47. The summed E-state index contributed by atoms with van der Waals surface area (Å²) in [7, 11) is -1.82. The van der Waals surface area contributed by atoms with E-state index in [1.807, 2.05) is 0 Å². The second-order valence-corrected chi connectivity index (χ2v) is 15.8. The second kappa shape index (κ2) is 8.50. The van der Waals surface area contributed by atoms with Crippen LogP contribution in [-0.2, 0) is 0 Å². The van der Waals surface area contributed by atoms with Crippen LogP contribution in [-0.4, -0.2) is 8.07 Å². The van der Waals surface area contributed by atoms with E-state index in [1.165, 1.54) is 45.9 Å². The number of rotatable bonds is 5. The fourth-order valence-electron chi connectivity index (χ4n) is 7.17. The summed E-state index contributed by atoms with van der Waals surface area (Å²) in [5.41, 5.74) is 13.1. The Hall–Kier alpha value is -3.16. The molecule has 0 fully saturated rings. The molecule has 1 heteroatoms. The fraction of sp³-hybridized carbons (Fsp3) is 0.235. The Labute approximate surface area is 211 Å². The van der Waals surface area contributed by atoms with E-state index < -0.39 is 8.07 Å². The van der Waals surface area contributed by atoms with Gasteiger partial charge in [-0.15, -0.1) is 0 Å². The molecule has 2 atom stereocenters. The largest absolute Gasteiger partial charge is 0.0722 e. The van der Waals surface area contributed by atoms with E-state index in [0.717, 1.165) is 0 Å². The van der Waals surface area contributed by atoms with Gasteiger partial charge in [-0.05, 0) is 57.5 Å². The maximum atomic E-state index is 2.64. The predicted molar refractivity (Wildman–Crippen MR) is 155 cm³/mol. The zero-order valence-corrected chi connectivity index (χ0v) is 22.3. The van der Waals surface area contributed by atoms with Crippen LogP contribution in [0.3, 0.4) is 0 Å². The minimum Gasteiger partial charge on any atom is -0.0679 e. The number of hydrogen-bond acceptors (Lipinski definition) is 0. The van der Waals surface area contributed by atoms with Crippen LogP contribution in [0.1, 0.15) is 60.0 Å². The lowest BCUT2D eigenvalue weighted by Gasteiger charge is -2.39. The fourth-order valence-corrected chi connectivity index (χ4v) is 12.1. The molecular weight excluding hydrogens is 436 g/mol. The molecule has 2 aliphatic rings. The first-order valence-corrected chi connectivity index (χ1v) is 16.2. The van der Waals surface area contributed by atoms with Crippen LogP contribution in [0.25, 0.3) is 34.1 Å². The lowest BCUT2D eigenvalue weighted by atomic mass is 9.93. The SMILES string of the molecule is CCCC1=Cc2ccccc2C1[Si](C)(C)C1C(C)=Cc2c(-c3cccc4ccccc34)cccc21. The molecule has 2 aliphatic carbocycles. The Morgan fingerprint density at radius 2 is 1.37 bits per heavy atom. The van der Waals surface area contributed by atoms with E-state index in [2.05, 4.69) is 124 Å². The van der Waals surface area contributed by atoms with Gasteiger partial charge in [0.2, 0.25) is 0 Å². The molecule has 0 saturated carbocycles. The Morgan fingerprint density at radius 3 is 2.23 bits per heavy atom. The molecule has 0 aromatic heterocycles. The van der Waals surface area contributed by atoms with Crippen molar-refractivity contribution in [1.29, 1.82) is 0 Å².